The highest BCUT2D eigenvalue weighted by Gasteiger charge is 2.13. The Morgan fingerprint density at radius 1 is 1.36 bits per heavy atom. The molecule has 3 rings (SSSR count). The number of pyridine rings is 2. The van der Waals surface area contributed by atoms with Gasteiger partial charge in [-0.2, -0.15) is 0 Å². The fourth-order valence-corrected chi connectivity index (χ4v) is 2.43. The Morgan fingerprint density at radius 3 is 2.84 bits per heavy atom. The first-order valence-corrected chi connectivity index (χ1v) is 7.35. The van der Waals surface area contributed by atoms with Gasteiger partial charge in [-0.1, -0.05) is 0 Å². The van der Waals surface area contributed by atoms with Crippen LogP contribution in [0.1, 0.15) is 32.0 Å². The molecule has 0 spiro atoms. The maximum Gasteiger partial charge on any atom is 0.337 e. The summed E-state index contributed by atoms with van der Waals surface area (Å²) in [4.78, 5) is 30.9. The van der Waals surface area contributed by atoms with E-state index in [9.17, 15) is 14.7 Å². The van der Waals surface area contributed by atoms with Crippen molar-refractivity contribution in [1.29, 1.82) is 0 Å². The molecule has 0 fully saturated rings. The summed E-state index contributed by atoms with van der Waals surface area (Å²) in [5.41, 5.74) is 2.34. The molecule has 3 aromatic rings. The zero-order chi connectivity index (χ0) is 18.0. The number of aromatic carboxylic acids is 1. The number of ether oxygens (including phenoxy) is 2. The van der Waals surface area contributed by atoms with E-state index in [4.69, 9.17) is 9.47 Å². The van der Waals surface area contributed by atoms with Crippen molar-refractivity contribution >= 4 is 17.9 Å². The van der Waals surface area contributed by atoms with Gasteiger partial charge in [-0.15, -0.1) is 0 Å². The van der Waals surface area contributed by atoms with Gasteiger partial charge in [0.25, 0.3) is 0 Å². The number of hydrogen-bond acceptors (Lipinski definition) is 6. The maximum atomic E-state index is 11.3. The van der Waals surface area contributed by atoms with Gasteiger partial charge in [-0.05, 0) is 13.0 Å². The van der Waals surface area contributed by atoms with Crippen molar-refractivity contribution in [2.75, 3.05) is 7.11 Å². The average Bonchev–Trinajstić information content (AvgIpc) is 2.99. The molecule has 3 aromatic heterocycles. The number of aromatic nitrogens is 3. The van der Waals surface area contributed by atoms with Crippen LogP contribution in [-0.4, -0.2) is 38.8 Å². The highest BCUT2D eigenvalue weighted by Crippen LogP contribution is 2.22. The van der Waals surface area contributed by atoms with Gasteiger partial charge in [0.1, 0.15) is 18.0 Å². The number of carbonyl (C=O) groups is 2. The number of fused-ring (bicyclic) bond motifs is 1. The van der Waals surface area contributed by atoms with Gasteiger partial charge >= 0.3 is 5.97 Å². The Balaban J connectivity index is 1.95. The number of carbonyl (C=O) groups excluding carboxylic acids is 1. The normalized spacial score (nSPS) is 10.6. The molecule has 0 saturated carbocycles. The summed E-state index contributed by atoms with van der Waals surface area (Å²) < 4.78 is 12.3. The first kappa shape index (κ1) is 16.4. The molecule has 0 unspecified atom stereocenters. The van der Waals surface area contributed by atoms with Gasteiger partial charge in [0.2, 0.25) is 5.88 Å². The third kappa shape index (κ3) is 3.27. The second-order valence-corrected chi connectivity index (χ2v) is 5.34. The first-order valence-electron chi connectivity index (χ1n) is 7.35. The lowest BCUT2D eigenvalue weighted by molar-refractivity contribution is 0.0696. The third-order valence-corrected chi connectivity index (χ3v) is 3.59. The van der Waals surface area contributed by atoms with Crippen molar-refractivity contribution in [2.24, 2.45) is 0 Å². The number of methoxy groups -OCH3 is 1. The molecule has 0 aromatic carbocycles. The lowest BCUT2D eigenvalue weighted by Gasteiger charge is -2.10. The van der Waals surface area contributed by atoms with Crippen molar-refractivity contribution in [2.45, 2.75) is 13.5 Å². The van der Waals surface area contributed by atoms with Crippen LogP contribution < -0.4 is 9.47 Å². The van der Waals surface area contributed by atoms with E-state index >= 15 is 0 Å². The molecule has 3 heterocycles. The van der Waals surface area contributed by atoms with E-state index in [1.165, 1.54) is 31.6 Å². The highest BCUT2D eigenvalue weighted by molar-refractivity contribution is 5.88. The maximum absolute atomic E-state index is 11.3. The lowest BCUT2D eigenvalue weighted by atomic mass is 10.2. The largest absolute Gasteiger partial charge is 0.486 e. The van der Waals surface area contributed by atoms with Crippen molar-refractivity contribution in [1.82, 2.24) is 14.4 Å². The lowest BCUT2D eigenvalue weighted by Crippen LogP contribution is -2.06. The van der Waals surface area contributed by atoms with Crippen LogP contribution in [0.4, 0.5) is 0 Å². The summed E-state index contributed by atoms with van der Waals surface area (Å²) in [6.07, 6.45) is 5.25. The minimum Gasteiger partial charge on any atom is -0.486 e. The Morgan fingerprint density at radius 2 is 2.16 bits per heavy atom. The van der Waals surface area contributed by atoms with E-state index in [-0.39, 0.29) is 23.5 Å². The number of aldehydes is 1. The van der Waals surface area contributed by atoms with Crippen molar-refractivity contribution in [3.63, 3.8) is 0 Å². The first-order chi connectivity index (χ1) is 12.0. The summed E-state index contributed by atoms with van der Waals surface area (Å²) >= 11 is 0. The average molecular weight is 341 g/mol. The number of hydrogen-bond donors (Lipinski definition) is 1. The molecule has 0 atom stereocenters. The zero-order valence-corrected chi connectivity index (χ0v) is 13.6. The molecule has 0 aliphatic heterocycles. The Labute approximate surface area is 142 Å². The Hall–Kier alpha value is -3.42. The summed E-state index contributed by atoms with van der Waals surface area (Å²) in [6, 6.07) is 2.97. The monoisotopic (exact) mass is 341 g/mol. The molecule has 25 heavy (non-hydrogen) atoms. The van der Waals surface area contributed by atoms with Crippen LogP contribution in [-0.2, 0) is 6.61 Å². The molecule has 0 aliphatic carbocycles. The summed E-state index contributed by atoms with van der Waals surface area (Å²) in [6.45, 7) is 1.85. The standard InChI is InChI=1S/C17H15N3O5/c1-10-6-20-7-11(17(22)23)3-13(16(20)19-10)9-25-14-5-18-15(24-2)4-12(14)8-21/h3-8H,9H2,1-2H3,(H,22,23). The van der Waals surface area contributed by atoms with Gasteiger partial charge in [0.15, 0.2) is 6.29 Å². The molecule has 0 bridgehead atoms. The molecule has 8 heteroatoms. The number of aryl methyl sites for hydroxylation is 1. The summed E-state index contributed by atoms with van der Waals surface area (Å²) in [5, 5.41) is 9.26. The summed E-state index contributed by atoms with van der Waals surface area (Å²) in [7, 11) is 1.45. The minimum atomic E-state index is -1.05. The predicted molar refractivity (Wildman–Crippen MR) is 87.4 cm³/mol. The quantitative estimate of drug-likeness (QED) is 0.685. The SMILES string of the molecule is COc1cc(C=O)c(OCc2cc(C(=O)O)cn3cc(C)nc23)cn1. The number of carboxylic acid groups (broad SMARTS) is 1. The van der Waals surface area contributed by atoms with Crippen LogP contribution in [0.5, 0.6) is 11.6 Å². The van der Waals surface area contributed by atoms with Gasteiger partial charge in [-0.25, -0.2) is 14.8 Å². The second kappa shape index (κ2) is 6.60. The molecule has 0 aliphatic rings. The number of imidazole rings is 1. The van der Waals surface area contributed by atoms with Gasteiger partial charge in [0, 0.05) is 24.0 Å². The van der Waals surface area contributed by atoms with Gasteiger partial charge in [-0.3, -0.25) is 4.79 Å². The second-order valence-electron chi connectivity index (χ2n) is 5.34. The van der Waals surface area contributed by atoms with E-state index in [0.717, 1.165) is 5.69 Å². The van der Waals surface area contributed by atoms with Crippen LogP contribution in [0.3, 0.4) is 0 Å². The highest BCUT2D eigenvalue weighted by atomic mass is 16.5. The van der Waals surface area contributed by atoms with Crippen molar-refractivity contribution in [3.8, 4) is 11.6 Å². The van der Waals surface area contributed by atoms with E-state index in [2.05, 4.69) is 9.97 Å². The van der Waals surface area contributed by atoms with Gasteiger partial charge < -0.3 is 19.0 Å². The Kier molecular flexibility index (Phi) is 4.34. The predicted octanol–water partition coefficient (Wildman–Crippen LogP) is 2.14. The van der Waals surface area contributed by atoms with Crippen LogP contribution in [0.2, 0.25) is 0 Å². The minimum absolute atomic E-state index is 0.0376. The topological polar surface area (TPSA) is 103 Å². The number of carboxylic acids is 1. The zero-order valence-electron chi connectivity index (χ0n) is 13.6. The molecule has 0 radical (unpaired) electrons. The molecule has 8 nitrogen and oxygen atoms in total. The van der Waals surface area contributed by atoms with E-state index in [0.29, 0.717) is 23.4 Å². The molecule has 0 amide bonds. The Bertz CT molecular complexity index is 964. The molecular weight excluding hydrogens is 326 g/mol. The van der Waals surface area contributed by atoms with Crippen LogP contribution in [0.15, 0.2) is 30.7 Å². The number of rotatable bonds is 6. The van der Waals surface area contributed by atoms with Crippen LogP contribution in [0, 0.1) is 6.92 Å². The van der Waals surface area contributed by atoms with E-state index in [1.807, 2.05) is 6.92 Å². The smallest absolute Gasteiger partial charge is 0.337 e. The van der Waals surface area contributed by atoms with Crippen molar-refractivity contribution < 1.29 is 24.2 Å². The van der Waals surface area contributed by atoms with Crippen LogP contribution >= 0.6 is 0 Å². The third-order valence-electron chi connectivity index (χ3n) is 3.59. The van der Waals surface area contributed by atoms with Crippen molar-refractivity contribution in [3.05, 3.63) is 53.1 Å². The molecule has 0 saturated heterocycles. The molecule has 128 valence electrons. The van der Waals surface area contributed by atoms with E-state index < -0.39 is 5.97 Å². The fourth-order valence-electron chi connectivity index (χ4n) is 2.43. The van der Waals surface area contributed by atoms with Crippen LogP contribution in [0.25, 0.3) is 5.65 Å². The molecular formula is C17H15N3O5. The fraction of sp³-hybridized carbons (Fsp3) is 0.176. The van der Waals surface area contributed by atoms with E-state index in [1.54, 1.807) is 10.6 Å². The molecule has 1 N–H and O–H groups in total. The number of nitrogens with zero attached hydrogens (tertiary/aromatic N) is 3. The summed E-state index contributed by atoms with van der Waals surface area (Å²) in [5.74, 6) is -0.472. The van der Waals surface area contributed by atoms with Gasteiger partial charge in [0.05, 0.1) is 30.1 Å².